The number of hydrogen-bond acceptors (Lipinski definition) is 4. The topological polar surface area (TPSA) is 58.1 Å². The predicted octanol–water partition coefficient (Wildman–Crippen LogP) is 5.16. The number of halogens is 4. The summed E-state index contributed by atoms with van der Waals surface area (Å²) in [6.07, 6.45) is -2.05. The van der Waals surface area contributed by atoms with Crippen molar-refractivity contribution in [3.05, 3.63) is 72.3 Å². The molecule has 1 unspecified atom stereocenters. The van der Waals surface area contributed by atoms with Gasteiger partial charge in [0.25, 0.3) is 0 Å². The molecule has 32 heavy (non-hydrogen) atoms. The van der Waals surface area contributed by atoms with E-state index < -0.39 is 29.4 Å². The van der Waals surface area contributed by atoms with Crippen molar-refractivity contribution in [1.29, 1.82) is 0 Å². The van der Waals surface area contributed by atoms with E-state index in [0.717, 1.165) is 23.7 Å². The number of piperidine rings is 1. The van der Waals surface area contributed by atoms with Gasteiger partial charge in [-0.25, -0.2) is 14.4 Å². The Hall–Kier alpha value is -3.49. The van der Waals surface area contributed by atoms with Crippen molar-refractivity contribution in [2.75, 3.05) is 23.3 Å². The highest BCUT2D eigenvalue weighted by Gasteiger charge is 2.34. The van der Waals surface area contributed by atoms with Gasteiger partial charge in [-0.3, -0.25) is 4.79 Å². The van der Waals surface area contributed by atoms with Crippen LogP contribution < -0.4 is 10.2 Å². The first kappa shape index (κ1) is 21.7. The minimum absolute atomic E-state index is 0.0887. The third-order valence-corrected chi connectivity index (χ3v) is 5.38. The first-order valence-electron chi connectivity index (χ1n) is 10.1. The van der Waals surface area contributed by atoms with Gasteiger partial charge in [-0.2, -0.15) is 13.2 Å². The standard InChI is InChI=1S/C23H20F4N4O/c24-19-9-8-17(11-18(19)23(25,26)27)30-22(32)16-7-4-10-31(13-16)21-12-20(28-14-29-21)15-5-2-1-3-6-15/h1-3,5-6,8-9,11-12,14,16H,4,7,10,13H2,(H,30,32). The van der Waals surface area contributed by atoms with Gasteiger partial charge >= 0.3 is 6.18 Å². The molecule has 1 saturated heterocycles. The maximum atomic E-state index is 13.5. The van der Waals surface area contributed by atoms with Crippen LogP contribution in [0.25, 0.3) is 11.3 Å². The molecule has 0 bridgehead atoms. The van der Waals surface area contributed by atoms with Crippen LogP contribution in [-0.4, -0.2) is 29.0 Å². The smallest absolute Gasteiger partial charge is 0.356 e. The molecule has 0 radical (unpaired) electrons. The number of carbonyl (C=O) groups is 1. The van der Waals surface area contributed by atoms with Gasteiger partial charge in [0.1, 0.15) is 18.0 Å². The molecule has 2 heterocycles. The molecule has 0 spiro atoms. The molecule has 5 nitrogen and oxygen atoms in total. The molecular weight excluding hydrogens is 424 g/mol. The summed E-state index contributed by atoms with van der Waals surface area (Å²) in [6, 6.07) is 13.9. The minimum atomic E-state index is -4.84. The number of nitrogens with one attached hydrogen (secondary N) is 1. The van der Waals surface area contributed by atoms with Crippen molar-refractivity contribution < 1.29 is 22.4 Å². The van der Waals surface area contributed by atoms with Crippen LogP contribution in [-0.2, 0) is 11.0 Å². The summed E-state index contributed by atoms with van der Waals surface area (Å²) in [5.41, 5.74) is 0.205. The lowest BCUT2D eigenvalue weighted by molar-refractivity contribution is -0.140. The molecule has 1 fully saturated rings. The highest BCUT2D eigenvalue weighted by atomic mass is 19.4. The fourth-order valence-electron chi connectivity index (χ4n) is 3.75. The number of carbonyl (C=O) groups excluding carboxylic acids is 1. The number of rotatable bonds is 4. The van der Waals surface area contributed by atoms with Crippen LogP contribution in [0.2, 0.25) is 0 Å². The van der Waals surface area contributed by atoms with Crippen molar-refractivity contribution in [2.24, 2.45) is 5.92 Å². The van der Waals surface area contributed by atoms with Crippen LogP contribution in [0.1, 0.15) is 18.4 Å². The molecule has 3 aromatic rings. The van der Waals surface area contributed by atoms with Crippen molar-refractivity contribution in [1.82, 2.24) is 9.97 Å². The maximum Gasteiger partial charge on any atom is 0.419 e. The van der Waals surface area contributed by atoms with Gasteiger partial charge < -0.3 is 10.2 Å². The third-order valence-electron chi connectivity index (χ3n) is 5.38. The fraction of sp³-hybridized carbons (Fsp3) is 0.261. The minimum Gasteiger partial charge on any atom is -0.356 e. The summed E-state index contributed by atoms with van der Waals surface area (Å²) in [5.74, 6) is -1.56. The number of nitrogens with zero attached hydrogens (tertiary/aromatic N) is 3. The Balaban J connectivity index is 1.47. The molecule has 1 aliphatic heterocycles. The normalized spacial score (nSPS) is 16.6. The molecule has 1 amide bonds. The van der Waals surface area contributed by atoms with Crippen LogP contribution >= 0.6 is 0 Å². The molecule has 1 N–H and O–H groups in total. The Bertz CT molecular complexity index is 1100. The zero-order valence-electron chi connectivity index (χ0n) is 16.9. The second-order valence-electron chi connectivity index (χ2n) is 7.59. The van der Waals surface area contributed by atoms with Gasteiger partial charge in [0.15, 0.2) is 0 Å². The zero-order chi connectivity index (χ0) is 22.7. The Morgan fingerprint density at radius 1 is 1.06 bits per heavy atom. The summed E-state index contributed by atoms with van der Waals surface area (Å²) in [4.78, 5) is 23.3. The van der Waals surface area contributed by atoms with E-state index in [0.29, 0.717) is 37.5 Å². The van der Waals surface area contributed by atoms with E-state index in [1.807, 2.05) is 41.3 Å². The van der Waals surface area contributed by atoms with E-state index in [-0.39, 0.29) is 5.69 Å². The van der Waals surface area contributed by atoms with E-state index >= 15 is 0 Å². The Morgan fingerprint density at radius 2 is 1.84 bits per heavy atom. The quantitative estimate of drug-likeness (QED) is 0.565. The summed E-state index contributed by atoms with van der Waals surface area (Å²) in [5, 5.41) is 2.50. The monoisotopic (exact) mass is 444 g/mol. The van der Waals surface area contributed by atoms with Crippen molar-refractivity contribution >= 4 is 17.4 Å². The second kappa shape index (κ2) is 8.94. The number of benzene rings is 2. The SMILES string of the molecule is O=C(Nc1ccc(F)c(C(F)(F)F)c1)C1CCCN(c2cc(-c3ccccc3)ncn2)C1. The number of aromatic nitrogens is 2. The number of anilines is 2. The molecule has 166 valence electrons. The van der Waals surface area contributed by atoms with E-state index in [2.05, 4.69) is 15.3 Å². The maximum absolute atomic E-state index is 13.5. The van der Waals surface area contributed by atoms with E-state index in [1.54, 1.807) is 0 Å². The third kappa shape index (κ3) is 4.87. The van der Waals surface area contributed by atoms with Gasteiger partial charge in [0, 0.05) is 30.4 Å². The van der Waals surface area contributed by atoms with E-state index in [1.165, 1.54) is 6.33 Å². The highest BCUT2D eigenvalue weighted by molar-refractivity contribution is 5.93. The van der Waals surface area contributed by atoms with Crippen molar-refractivity contribution in [3.63, 3.8) is 0 Å². The van der Waals surface area contributed by atoms with Crippen LogP contribution in [0.15, 0.2) is 60.9 Å². The number of hydrogen-bond donors (Lipinski definition) is 1. The molecule has 0 saturated carbocycles. The lowest BCUT2D eigenvalue weighted by atomic mass is 9.97. The van der Waals surface area contributed by atoms with Crippen molar-refractivity contribution in [2.45, 2.75) is 19.0 Å². The summed E-state index contributed by atoms with van der Waals surface area (Å²) in [6.45, 7) is 1.06. The molecular formula is C23H20F4N4O. The van der Waals surface area contributed by atoms with E-state index in [9.17, 15) is 22.4 Å². The fourth-order valence-corrected chi connectivity index (χ4v) is 3.75. The highest BCUT2D eigenvalue weighted by Crippen LogP contribution is 2.33. The lowest BCUT2D eigenvalue weighted by Gasteiger charge is -2.33. The summed E-state index contributed by atoms with van der Waals surface area (Å²) >= 11 is 0. The molecule has 1 aromatic heterocycles. The lowest BCUT2D eigenvalue weighted by Crippen LogP contribution is -2.41. The molecule has 9 heteroatoms. The Morgan fingerprint density at radius 3 is 2.59 bits per heavy atom. The molecule has 2 aromatic carbocycles. The van der Waals surface area contributed by atoms with Gasteiger partial charge in [0.2, 0.25) is 5.91 Å². The Labute approximate surface area is 182 Å². The molecule has 4 rings (SSSR count). The predicted molar refractivity (Wildman–Crippen MR) is 112 cm³/mol. The van der Waals surface area contributed by atoms with E-state index in [4.69, 9.17) is 0 Å². The molecule has 1 aliphatic rings. The van der Waals surface area contributed by atoms with Crippen LogP contribution in [0.3, 0.4) is 0 Å². The van der Waals surface area contributed by atoms with Gasteiger partial charge in [-0.05, 0) is 31.0 Å². The zero-order valence-corrected chi connectivity index (χ0v) is 16.9. The average Bonchev–Trinajstić information content (AvgIpc) is 2.80. The second-order valence-corrected chi connectivity index (χ2v) is 7.59. The number of alkyl halides is 3. The van der Waals surface area contributed by atoms with Crippen molar-refractivity contribution in [3.8, 4) is 11.3 Å². The molecule has 0 aliphatic carbocycles. The molecule has 1 atom stereocenters. The van der Waals surface area contributed by atoms with Crippen LogP contribution in [0.5, 0.6) is 0 Å². The van der Waals surface area contributed by atoms with Crippen LogP contribution in [0.4, 0.5) is 29.1 Å². The largest absolute Gasteiger partial charge is 0.419 e. The average molecular weight is 444 g/mol. The Kier molecular flexibility index (Phi) is 6.07. The number of amides is 1. The summed E-state index contributed by atoms with van der Waals surface area (Å²) in [7, 11) is 0. The van der Waals surface area contributed by atoms with Crippen LogP contribution in [0, 0.1) is 11.7 Å². The first-order chi connectivity index (χ1) is 15.3. The summed E-state index contributed by atoms with van der Waals surface area (Å²) < 4.78 is 52.3. The van der Waals surface area contributed by atoms with Gasteiger partial charge in [-0.1, -0.05) is 30.3 Å². The van der Waals surface area contributed by atoms with Gasteiger partial charge in [-0.15, -0.1) is 0 Å². The first-order valence-corrected chi connectivity index (χ1v) is 10.1. The van der Waals surface area contributed by atoms with Gasteiger partial charge in [0.05, 0.1) is 17.2 Å².